The highest BCUT2D eigenvalue weighted by atomic mass is 16.5. The van der Waals surface area contributed by atoms with Crippen LogP contribution in [-0.2, 0) is 16.0 Å². The monoisotopic (exact) mass is 593 g/mol. The minimum atomic E-state index is -1.26. The van der Waals surface area contributed by atoms with E-state index in [1.807, 2.05) is 18.3 Å². The van der Waals surface area contributed by atoms with Crippen LogP contribution in [0.3, 0.4) is 0 Å². The molecule has 0 aliphatic carbocycles. The van der Waals surface area contributed by atoms with E-state index in [1.54, 1.807) is 7.11 Å². The summed E-state index contributed by atoms with van der Waals surface area (Å²) in [7, 11) is 1.71. The number of unbranched alkanes of at least 4 members (excludes halogenated alkanes) is 5. The average molecular weight is 594 g/mol. The maximum absolute atomic E-state index is 9.55. The van der Waals surface area contributed by atoms with E-state index in [9.17, 15) is 9.59 Å². The van der Waals surface area contributed by atoms with Crippen molar-refractivity contribution in [3.63, 3.8) is 0 Å². The van der Waals surface area contributed by atoms with Crippen LogP contribution < -0.4 is 20.5 Å². The largest absolute Gasteiger partial charge is 0.493 e. The number of carboxylic acid groups (broad SMARTS) is 2. The molecule has 0 fully saturated rings. The molecule has 1 heterocycles. The topological polar surface area (TPSA) is 144 Å². The molecule has 0 amide bonds. The quantitative estimate of drug-likeness (QED) is 0.0928. The Balaban J connectivity index is 0.000000708. The third kappa shape index (κ3) is 13.2. The van der Waals surface area contributed by atoms with Gasteiger partial charge in [0.05, 0.1) is 30.3 Å². The number of methoxy groups -OCH3 is 1. The van der Waals surface area contributed by atoms with Crippen molar-refractivity contribution in [1.82, 2.24) is 4.98 Å². The van der Waals surface area contributed by atoms with E-state index >= 15 is 0 Å². The van der Waals surface area contributed by atoms with Crippen molar-refractivity contribution in [2.75, 3.05) is 25.6 Å². The van der Waals surface area contributed by atoms with E-state index in [-0.39, 0.29) is 0 Å². The number of aliphatic carboxylic acids is 2. The molecule has 0 spiro atoms. The zero-order valence-electron chi connectivity index (χ0n) is 25.7. The summed E-state index contributed by atoms with van der Waals surface area (Å²) in [6, 6.07) is 15.1. The van der Waals surface area contributed by atoms with Gasteiger partial charge in [-0.1, -0.05) is 56.0 Å². The number of anilines is 1. The molecule has 43 heavy (non-hydrogen) atoms. The Kier molecular flexibility index (Phi) is 16.2. The number of aromatic nitrogens is 1. The van der Waals surface area contributed by atoms with Crippen molar-refractivity contribution in [3.05, 3.63) is 71.9 Å². The lowest BCUT2D eigenvalue weighted by atomic mass is 10.0. The molecule has 2 aromatic carbocycles. The number of nitrogens with one attached hydrogen (secondary N) is 1. The summed E-state index contributed by atoms with van der Waals surface area (Å²) in [4.78, 5) is 23.8. The first-order valence-corrected chi connectivity index (χ1v) is 15.0. The molecule has 0 aliphatic heterocycles. The molecule has 0 bridgehead atoms. The summed E-state index contributed by atoms with van der Waals surface area (Å²) < 4.78 is 12.1. The van der Waals surface area contributed by atoms with Crippen LogP contribution >= 0.6 is 0 Å². The Bertz CT molecular complexity index is 1280. The van der Waals surface area contributed by atoms with Crippen molar-refractivity contribution in [3.8, 4) is 11.5 Å². The maximum atomic E-state index is 9.55. The van der Waals surface area contributed by atoms with E-state index in [0.717, 1.165) is 52.9 Å². The van der Waals surface area contributed by atoms with Gasteiger partial charge in [0.1, 0.15) is 0 Å². The fourth-order valence-corrected chi connectivity index (χ4v) is 4.70. The molecule has 234 valence electrons. The van der Waals surface area contributed by atoms with E-state index in [2.05, 4.69) is 49.5 Å². The van der Waals surface area contributed by atoms with Crippen LogP contribution in [0.25, 0.3) is 10.9 Å². The summed E-state index contributed by atoms with van der Waals surface area (Å²) in [5.74, 6) is -0.959. The van der Waals surface area contributed by atoms with Crippen LogP contribution in [0.4, 0.5) is 5.69 Å². The van der Waals surface area contributed by atoms with Gasteiger partial charge in [-0.3, -0.25) is 4.98 Å². The van der Waals surface area contributed by atoms with Crippen LogP contribution in [-0.4, -0.2) is 53.4 Å². The van der Waals surface area contributed by atoms with Crippen LogP contribution in [0.5, 0.6) is 11.5 Å². The number of nitrogens with zero attached hydrogens (tertiary/aromatic N) is 1. The van der Waals surface area contributed by atoms with Gasteiger partial charge in [-0.15, -0.1) is 0 Å². The highest BCUT2D eigenvalue weighted by Gasteiger charge is 2.18. The smallest absolute Gasteiger partial charge is 0.328 e. The van der Waals surface area contributed by atoms with Crippen molar-refractivity contribution >= 4 is 28.5 Å². The highest BCUT2D eigenvalue weighted by molar-refractivity contribution is 5.99. The Hall–Kier alpha value is -4.11. The van der Waals surface area contributed by atoms with Crippen LogP contribution in [0, 0.1) is 6.92 Å². The third-order valence-corrected chi connectivity index (χ3v) is 6.92. The number of aryl methyl sites for hydroxylation is 2. The summed E-state index contributed by atoms with van der Waals surface area (Å²) in [5, 5.41) is 20.3. The number of hydrogen-bond donors (Lipinski definition) is 4. The molecule has 1 aromatic heterocycles. The normalized spacial score (nSPS) is 11.5. The second-order valence-corrected chi connectivity index (χ2v) is 10.5. The summed E-state index contributed by atoms with van der Waals surface area (Å²) in [6.45, 7) is 5.67. The highest BCUT2D eigenvalue weighted by Crippen LogP contribution is 2.41. The van der Waals surface area contributed by atoms with Crippen molar-refractivity contribution in [2.24, 2.45) is 5.73 Å². The van der Waals surface area contributed by atoms with E-state index in [1.165, 1.54) is 44.1 Å². The molecule has 5 N–H and O–H groups in total. The minimum absolute atomic E-state index is 0.299. The number of ether oxygens (including phenoxy) is 2. The Morgan fingerprint density at radius 2 is 1.63 bits per heavy atom. The number of carbonyl (C=O) groups is 2. The lowest BCUT2D eigenvalue weighted by Crippen LogP contribution is -2.17. The fourth-order valence-electron chi connectivity index (χ4n) is 4.70. The van der Waals surface area contributed by atoms with Gasteiger partial charge >= 0.3 is 11.9 Å². The number of benzene rings is 2. The molecule has 0 aliphatic rings. The number of rotatable bonds is 18. The van der Waals surface area contributed by atoms with Crippen molar-refractivity contribution < 1.29 is 29.3 Å². The first kappa shape index (κ1) is 35.1. The fraction of sp³-hybridized carbons (Fsp3) is 0.441. The molecule has 3 rings (SSSR count). The molecule has 1 atom stereocenters. The molecular formula is C34H47N3O6. The molecule has 9 nitrogen and oxygen atoms in total. The molecular weight excluding hydrogens is 546 g/mol. The predicted molar refractivity (Wildman–Crippen MR) is 172 cm³/mol. The van der Waals surface area contributed by atoms with Crippen LogP contribution in [0.2, 0.25) is 0 Å². The van der Waals surface area contributed by atoms with Gasteiger partial charge in [0.2, 0.25) is 0 Å². The van der Waals surface area contributed by atoms with Gasteiger partial charge in [0.25, 0.3) is 0 Å². The predicted octanol–water partition coefficient (Wildman–Crippen LogP) is 6.77. The lowest BCUT2D eigenvalue weighted by Gasteiger charge is -2.20. The standard InChI is InChI=1S/C30H43N3O2.C4H4O4/c1-23-18-20-32-29-26(33-24(2)14-13-19-31)22-27(34-3)30(28(23)29)35-21-12-7-5-4-6-9-15-25-16-10-8-11-17-25;5-3(6)1-2-4(7)8/h8,10-11,16-18,20,22,24,33H,4-7,9,12-15,19,21,31H2,1-3H3;1-2H,(H,5,6)(H,7,8). The van der Waals surface area contributed by atoms with Gasteiger partial charge in [-0.05, 0) is 69.7 Å². The van der Waals surface area contributed by atoms with Crippen molar-refractivity contribution in [1.29, 1.82) is 0 Å². The number of carboxylic acids is 2. The van der Waals surface area contributed by atoms with E-state index in [0.29, 0.717) is 31.3 Å². The van der Waals surface area contributed by atoms with Crippen LogP contribution in [0.15, 0.2) is 60.8 Å². The second-order valence-electron chi connectivity index (χ2n) is 10.5. The lowest BCUT2D eigenvalue weighted by molar-refractivity contribution is -0.134. The Morgan fingerprint density at radius 1 is 0.977 bits per heavy atom. The minimum Gasteiger partial charge on any atom is -0.493 e. The Morgan fingerprint density at radius 3 is 2.26 bits per heavy atom. The number of fused-ring (bicyclic) bond motifs is 1. The number of pyridine rings is 1. The molecule has 0 saturated heterocycles. The summed E-state index contributed by atoms with van der Waals surface area (Å²) >= 11 is 0. The summed E-state index contributed by atoms with van der Waals surface area (Å²) in [6.07, 6.45) is 13.5. The molecule has 3 aromatic rings. The third-order valence-electron chi connectivity index (χ3n) is 6.92. The SMILES string of the molecule is COc1cc(NC(C)CCCN)c2nccc(C)c2c1OCCCCCCCCc1ccccc1.O=C(O)C=CC(=O)O. The number of nitrogens with two attached hydrogens (primary N) is 1. The van der Waals surface area contributed by atoms with Gasteiger partial charge in [-0.25, -0.2) is 9.59 Å². The second kappa shape index (κ2) is 19.9. The molecule has 0 saturated carbocycles. The van der Waals surface area contributed by atoms with Crippen LogP contribution in [0.1, 0.15) is 69.4 Å². The maximum Gasteiger partial charge on any atom is 0.328 e. The van der Waals surface area contributed by atoms with Gasteiger partial charge in [-0.2, -0.15) is 0 Å². The zero-order valence-corrected chi connectivity index (χ0v) is 25.7. The van der Waals surface area contributed by atoms with E-state index in [4.69, 9.17) is 30.4 Å². The van der Waals surface area contributed by atoms with Crippen molar-refractivity contribution in [2.45, 2.75) is 77.7 Å². The number of hydrogen-bond acceptors (Lipinski definition) is 7. The molecule has 1 unspecified atom stereocenters. The Labute approximate surface area is 255 Å². The molecule has 0 radical (unpaired) electrons. The molecule has 9 heteroatoms. The average Bonchev–Trinajstić information content (AvgIpc) is 2.99. The first-order chi connectivity index (χ1) is 20.8. The zero-order chi connectivity index (χ0) is 31.5. The summed E-state index contributed by atoms with van der Waals surface area (Å²) in [5.41, 5.74) is 10.2. The van der Waals surface area contributed by atoms with E-state index < -0.39 is 11.9 Å². The van der Waals surface area contributed by atoms with Gasteiger partial charge in [0.15, 0.2) is 11.5 Å². The van der Waals surface area contributed by atoms with Gasteiger partial charge < -0.3 is 30.7 Å². The van der Waals surface area contributed by atoms with Gasteiger partial charge in [0, 0.05) is 30.5 Å². The first-order valence-electron chi connectivity index (χ1n) is 15.0.